The highest BCUT2D eigenvalue weighted by molar-refractivity contribution is 8.20. The van der Waals surface area contributed by atoms with Gasteiger partial charge in [-0.15, -0.1) is 23.5 Å². The van der Waals surface area contributed by atoms with Gasteiger partial charge in [-0.05, 0) is 67.0 Å². The van der Waals surface area contributed by atoms with Crippen LogP contribution in [0.1, 0.15) is 36.5 Å². The van der Waals surface area contributed by atoms with E-state index in [1.165, 1.54) is 0 Å². The summed E-state index contributed by atoms with van der Waals surface area (Å²) in [5.41, 5.74) is 2.90. The number of aliphatic hydroxyl groups is 1. The number of benzene rings is 3. The van der Waals surface area contributed by atoms with E-state index in [1.807, 2.05) is 81.8 Å². The monoisotopic (exact) mass is 506 g/mol. The molecule has 3 N–H and O–H groups in total. The summed E-state index contributed by atoms with van der Waals surface area (Å²) in [5, 5.41) is 11.1. The molecule has 4 nitrogen and oxygen atoms in total. The van der Waals surface area contributed by atoms with Crippen LogP contribution in [0.4, 0.5) is 0 Å². The van der Waals surface area contributed by atoms with Crippen molar-refractivity contribution in [2.75, 3.05) is 19.1 Å². The summed E-state index contributed by atoms with van der Waals surface area (Å²) in [6, 6.07) is 23.0. The molecule has 0 heterocycles. The quantitative estimate of drug-likeness (QED) is 0.258. The Labute approximate surface area is 208 Å². The van der Waals surface area contributed by atoms with Crippen LogP contribution in [-0.2, 0) is 4.18 Å². The molecular weight excluding hydrogens is 472 g/mol. The Morgan fingerprint density at radius 1 is 0.758 bits per heavy atom. The molecular formula is C26H34O4S3. The molecule has 1 unspecified atom stereocenters. The maximum absolute atomic E-state index is 11.1. The van der Waals surface area contributed by atoms with Gasteiger partial charge >= 0.3 is 0 Å². The van der Waals surface area contributed by atoms with Crippen LogP contribution in [0.2, 0.25) is 0 Å². The molecule has 1 atom stereocenters. The van der Waals surface area contributed by atoms with E-state index in [9.17, 15) is 14.2 Å². The van der Waals surface area contributed by atoms with Gasteiger partial charge in [0.1, 0.15) is 10.9 Å². The summed E-state index contributed by atoms with van der Waals surface area (Å²) in [5.74, 6) is -0.361. The lowest BCUT2D eigenvalue weighted by Crippen LogP contribution is -2.26. The van der Waals surface area contributed by atoms with Gasteiger partial charge < -0.3 is 14.2 Å². The van der Waals surface area contributed by atoms with Crippen LogP contribution in [0.15, 0.2) is 87.5 Å². The number of rotatable bonds is 9. The van der Waals surface area contributed by atoms with Crippen molar-refractivity contribution in [2.45, 2.75) is 47.5 Å². The molecule has 0 aliphatic heterocycles. The van der Waals surface area contributed by atoms with Gasteiger partial charge in [-0.2, -0.15) is 0 Å². The molecule has 0 aliphatic carbocycles. The van der Waals surface area contributed by atoms with Crippen LogP contribution < -0.4 is 0 Å². The van der Waals surface area contributed by atoms with Gasteiger partial charge in [0.25, 0.3) is 0 Å². The van der Waals surface area contributed by atoms with Crippen LogP contribution in [0.25, 0.3) is 0 Å². The molecule has 7 heteroatoms. The van der Waals surface area contributed by atoms with Crippen molar-refractivity contribution in [3.63, 3.8) is 0 Å². The van der Waals surface area contributed by atoms with E-state index in [-0.39, 0.29) is 12.5 Å². The van der Waals surface area contributed by atoms with E-state index in [2.05, 4.69) is 0 Å². The van der Waals surface area contributed by atoms with E-state index in [0.717, 1.165) is 26.5 Å². The highest BCUT2D eigenvalue weighted by Crippen LogP contribution is 2.49. The van der Waals surface area contributed by atoms with Gasteiger partial charge in [-0.1, -0.05) is 55.8 Å². The van der Waals surface area contributed by atoms with E-state index < -0.39 is 17.0 Å². The molecule has 0 bridgehead atoms. The lowest BCUT2D eigenvalue weighted by atomic mass is 9.87. The van der Waals surface area contributed by atoms with E-state index in [4.69, 9.17) is 4.18 Å². The third kappa shape index (κ3) is 7.79. The largest absolute Gasteiger partial charge is 0.390 e. The number of aliphatic hydroxyl groups excluding tert-OH is 1. The standard InChI is InChI=1S/C24H28O4S3.C2H6/c1-17-4-14-22(15-5-17)31(26,27)28-16-23(25)24(18-6-10-20(29-2)11-7-18)19-8-12-21(30-3)13-9-19;1-2/h4-15,23-27H,16H2,1-3H3;1-2H3. The predicted molar refractivity (Wildman–Crippen MR) is 144 cm³/mol. The Morgan fingerprint density at radius 3 is 1.58 bits per heavy atom. The lowest BCUT2D eigenvalue weighted by molar-refractivity contribution is 0.0884. The van der Waals surface area contributed by atoms with Crippen LogP contribution >= 0.6 is 34.4 Å². The minimum Gasteiger partial charge on any atom is -0.390 e. The third-order valence-electron chi connectivity index (χ3n) is 5.07. The molecule has 0 saturated carbocycles. The molecule has 3 aromatic rings. The first-order valence-corrected chi connectivity index (χ1v) is 14.7. The van der Waals surface area contributed by atoms with Crippen molar-refractivity contribution in [3.05, 3.63) is 89.5 Å². The number of aryl methyl sites for hydroxylation is 1. The molecule has 0 radical (unpaired) electrons. The average molecular weight is 507 g/mol. The second-order valence-electron chi connectivity index (χ2n) is 7.19. The van der Waals surface area contributed by atoms with Gasteiger partial charge in [0, 0.05) is 15.7 Å². The third-order valence-corrected chi connectivity index (χ3v) is 7.90. The number of hydrogen-bond donors (Lipinski definition) is 3. The van der Waals surface area contributed by atoms with Gasteiger partial charge in [-0.3, -0.25) is 4.18 Å². The summed E-state index contributed by atoms with van der Waals surface area (Å²) in [6.45, 7) is 5.71. The molecule has 0 saturated heterocycles. The molecule has 3 aromatic carbocycles. The van der Waals surface area contributed by atoms with Crippen LogP contribution in [0, 0.1) is 6.92 Å². The molecule has 0 fully saturated rings. The zero-order chi connectivity index (χ0) is 24.4. The molecule has 0 aliphatic rings. The summed E-state index contributed by atoms with van der Waals surface area (Å²) in [4.78, 5) is 2.58. The highest BCUT2D eigenvalue weighted by atomic mass is 32.3. The van der Waals surface area contributed by atoms with Gasteiger partial charge in [0.05, 0.1) is 17.6 Å². The minimum absolute atomic E-state index is 0.213. The summed E-state index contributed by atoms with van der Waals surface area (Å²) in [7, 11) is -3.46. The van der Waals surface area contributed by atoms with Gasteiger partial charge in [-0.25, -0.2) is 0 Å². The van der Waals surface area contributed by atoms with Crippen LogP contribution in [-0.4, -0.2) is 39.4 Å². The predicted octanol–water partition coefficient (Wildman–Crippen LogP) is 7.70. The number of hydrogen-bond acceptors (Lipinski definition) is 6. The fourth-order valence-electron chi connectivity index (χ4n) is 3.30. The van der Waals surface area contributed by atoms with Crippen molar-refractivity contribution < 1.29 is 18.4 Å². The fourth-order valence-corrected chi connectivity index (χ4v) is 5.08. The molecule has 33 heavy (non-hydrogen) atoms. The van der Waals surface area contributed by atoms with Crippen molar-refractivity contribution in [1.82, 2.24) is 0 Å². The maximum atomic E-state index is 11.1. The Kier molecular flexibility index (Phi) is 11.3. The van der Waals surface area contributed by atoms with Crippen LogP contribution in [0.3, 0.4) is 0 Å². The summed E-state index contributed by atoms with van der Waals surface area (Å²) < 4.78 is 26.4. The molecule has 3 rings (SSSR count). The fraction of sp³-hybridized carbons (Fsp3) is 0.308. The highest BCUT2D eigenvalue weighted by Gasteiger charge is 2.28. The molecule has 0 amide bonds. The normalized spacial score (nSPS) is 12.8. The maximum Gasteiger partial charge on any atom is 0.115 e. The van der Waals surface area contributed by atoms with Crippen LogP contribution in [0.5, 0.6) is 0 Å². The minimum atomic E-state index is -3.46. The Bertz CT molecular complexity index is 911. The number of thioether (sulfide) groups is 2. The first kappa shape index (κ1) is 27.8. The Balaban J connectivity index is 0.00000187. The van der Waals surface area contributed by atoms with Crippen molar-refractivity contribution in [3.8, 4) is 0 Å². The zero-order valence-corrected chi connectivity index (χ0v) is 22.2. The second kappa shape index (κ2) is 13.4. The summed E-state index contributed by atoms with van der Waals surface area (Å²) >= 11 is 3.32. The van der Waals surface area contributed by atoms with Gasteiger partial charge in [0.2, 0.25) is 0 Å². The van der Waals surface area contributed by atoms with Crippen molar-refractivity contribution in [1.29, 1.82) is 0 Å². The topological polar surface area (TPSA) is 69.9 Å². The zero-order valence-electron chi connectivity index (χ0n) is 19.8. The smallest absolute Gasteiger partial charge is 0.115 e. The Hall–Kier alpha value is -1.45. The molecule has 180 valence electrons. The van der Waals surface area contributed by atoms with Crippen molar-refractivity contribution >= 4 is 34.4 Å². The second-order valence-corrected chi connectivity index (χ2v) is 10.6. The van der Waals surface area contributed by atoms with E-state index in [0.29, 0.717) is 4.90 Å². The first-order chi connectivity index (χ1) is 15.8. The molecule has 0 aromatic heterocycles. The SMILES string of the molecule is CC.CSc1ccc(C(c2ccc(SC)cc2)C(O)COS(O)(O)c2ccc(C)cc2)cc1. The summed E-state index contributed by atoms with van der Waals surface area (Å²) in [6.07, 6.45) is 3.08. The average Bonchev–Trinajstić information content (AvgIpc) is 2.85. The van der Waals surface area contributed by atoms with E-state index in [1.54, 1.807) is 47.8 Å². The first-order valence-electron chi connectivity index (χ1n) is 10.8. The molecule has 0 spiro atoms. The van der Waals surface area contributed by atoms with Gasteiger partial charge in [0.15, 0.2) is 0 Å². The lowest BCUT2D eigenvalue weighted by Gasteiger charge is -2.30. The Morgan fingerprint density at radius 2 is 1.18 bits per heavy atom. The van der Waals surface area contributed by atoms with E-state index >= 15 is 0 Å². The van der Waals surface area contributed by atoms with Crippen molar-refractivity contribution in [2.24, 2.45) is 0 Å².